The van der Waals surface area contributed by atoms with E-state index in [0.717, 1.165) is 16.0 Å². The number of sulfonamides is 1. The molecule has 24 heavy (non-hydrogen) atoms. The quantitative estimate of drug-likeness (QED) is 0.811. The number of carbonyl (C=O) groups is 2. The molecule has 0 aromatic heterocycles. The summed E-state index contributed by atoms with van der Waals surface area (Å²) in [7, 11) is -3.75. The van der Waals surface area contributed by atoms with Crippen LogP contribution in [0.25, 0.3) is 0 Å². The first-order valence-corrected chi connectivity index (χ1v) is 9.48. The van der Waals surface area contributed by atoms with Crippen molar-refractivity contribution < 1.29 is 23.1 Å². The van der Waals surface area contributed by atoms with Crippen LogP contribution in [0.4, 0.5) is 0 Å². The van der Waals surface area contributed by atoms with Gasteiger partial charge >= 0.3 is 5.97 Å². The van der Waals surface area contributed by atoms with E-state index >= 15 is 0 Å². The molecule has 0 saturated carbocycles. The molecule has 1 amide bonds. The fraction of sp³-hybridized carbons (Fsp3) is 0.500. The molecular formula is C16H22N2O5S. The van der Waals surface area contributed by atoms with Crippen LogP contribution in [-0.2, 0) is 32.6 Å². The van der Waals surface area contributed by atoms with Gasteiger partial charge in [0.25, 0.3) is 0 Å². The van der Waals surface area contributed by atoms with Crippen LogP contribution >= 0.6 is 0 Å². The first-order valence-electron chi connectivity index (χ1n) is 7.87. The number of nitrogens with zero attached hydrogens (tertiary/aromatic N) is 2. The molecule has 7 nitrogen and oxygen atoms in total. The van der Waals surface area contributed by atoms with Crippen LogP contribution in [0.5, 0.6) is 0 Å². The van der Waals surface area contributed by atoms with E-state index in [2.05, 4.69) is 0 Å². The lowest BCUT2D eigenvalue weighted by Crippen LogP contribution is -2.51. The van der Waals surface area contributed by atoms with Crippen molar-refractivity contribution in [3.8, 4) is 0 Å². The molecule has 0 spiro atoms. The second-order valence-electron chi connectivity index (χ2n) is 5.69. The zero-order valence-electron chi connectivity index (χ0n) is 13.8. The highest BCUT2D eigenvalue weighted by molar-refractivity contribution is 7.89. The maximum absolute atomic E-state index is 12.5. The number of amides is 1. The molecule has 8 heteroatoms. The van der Waals surface area contributed by atoms with Crippen LogP contribution in [0, 0.1) is 0 Å². The molecule has 1 N–H and O–H groups in total. The molecule has 1 aliphatic rings. The van der Waals surface area contributed by atoms with E-state index < -0.39 is 33.7 Å². The number of benzene rings is 1. The Morgan fingerprint density at radius 1 is 1.21 bits per heavy atom. The number of hydrogen-bond donors (Lipinski definition) is 1. The summed E-state index contributed by atoms with van der Waals surface area (Å²) in [5.41, 5.74) is 1.73. The van der Waals surface area contributed by atoms with E-state index in [1.165, 1.54) is 4.31 Å². The van der Waals surface area contributed by atoms with Crippen LogP contribution in [-0.4, -0.2) is 59.5 Å². The average Bonchev–Trinajstić information content (AvgIpc) is 2.53. The number of carboxylic acid groups (broad SMARTS) is 1. The fourth-order valence-corrected chi connectivity index (χ4v) is 4.40. The number of rotatable bonds is 6. The maximum Gasteiger partial charge on any atom is 0.326 e. The summed E-state index contributed by atoms with van der Waals surface area (Å²) in [4.78, 5) is 25.2. The Bertz CT molecular complexity index is 728. The van der Waals surface area contributed by atoms with Crippen molar-refractivity contribution in [2.24, 2.45) is 0 Å². The summed E-state index contributed by atoms with van der Waals surface area (Å²) < 4.78 is 25.8. The highest BCUT2D eigenvalue weighted by atomic mass is 32.2. The minimum Gasteiger partial charge on any atom is -0.480 e. The van der Waals surface area contributed by atoms with E-state index in [-0.39, 0.29) is 26.1 Å². The lowest BCUT2D eigenvalue weighted by atomic mass is 9.94. The van der Waals surface area contributed by atoms with Gasteiger partial charge in [-0.05, 0) is 11.1 Å². The molecule has 0 fully saturated rings. The van der Waals surface area contributed by atoms with E-state index in [0.29, 0.717) is 0 Å². The Balaban J connectivity index is 2.25. The number of aliphatic carboxylic acids is 1. The Morgan fingerprint density at radius 3 is 2.33 bits per heavy atom. The number of carbonyl (C=O) groups excluding carboxylic acids is 1. The smallest absolute Gasteiger partial charge is 0.326 e. The zero-order valence-corrected chi connectivity index (χ0v) is 14.6. The van der Waals surface area contributed by atoms with Gasteiger partial charge in [0.1, 0.15) is 11.8 Å². The molecular weight excluding hydrogens is 332 g/mol. The molecule has 0 radical (unpaired) electrons. The van der Waals surface area contributed by atoms with Crippen molar-refractivity contribution in [2.75, 3.05) is 18.8 Å². The summed E-state index contributed by atoms with van der Waals surface area (Å²) >= 11 is 0. The Hall–Kier alpha value is -1.93. The second-order valence-corrected chi connectivity index (χ2v) is 7.66. The van der Waals surface area contributed by atoms with Gasteiger partial charge in [0.05, 0.1) is 0 Å². The van der Waals surface area contributed by atoms with E-state index in [1.54, 1.807) is 13.8 Å². The van der Waals surface area contributed by atoms with Crippen LogP contribution in [0.1, 0.15) is 25.0 Å². The Labute approximate surface area is 141 Å². The Morgan fingerprint density at radius 2 is 1.79 bits per heavy atom. The van der Waals surface area contributed by atoms with Crippen molar-refractivity contribution in [1.82, 2.24) is 9.21 Å². The normalized spacial score (nSPS) is 17.6. The second kappa shape index (κ2) is 7.31. The van der Waals surface area contributed by atoms with Gasteiger partial charge in [0, 0.05) is 26.1 Å². The minimum absolute atomic E-state index is 0.111. The van der Waals surface area contributed by atoms with Gasteiger partial charge < -0.3 is 10.0 Å². The predicted octanol–water partition coefficient (Wildman–Crippen LogP) is 0.696. The number of hydrogen-bond acceptors (Lipinski definition) is 4. The summed E-state index contributed by atoms with van der Waals surface area (Å²) in [5, 5.41) is 9.43. The summed E-state index contributed by atoms with van der Waals surface area (Å²) in [6, 6.07) is 6.25. The molecule has 1 aliphatic heterocycles. The van der Waals surface area contributed by atoms with Crippen LogP contribution < -0.4 is 0 Å². The molecule has 1 atom stereocenters. The molecule has 1 aromatic rings. The van der Waals surface area contributed by atoms with Crippen molar-refractivity contribution in [3.05, 3.63) is 35.4 Å². The first-order chi connectivity index (χ1) is 11.3. The van der Waals surface area contributed by atoms with Crippen LogP contribution in [0.2, 0.25) is 0 Å². The van der Waals surface area contributed by atoms with Crippen molar-refractivity contribution in [3.63, 3.8) is 0 Å². The number of fused-ring (bicyclic) bond motifs is 1. The SMILES string of the molecule is CCN(CC)S(=O)(=O)CC(=O)N1Cc2ccccc2CC1C(=O)O. The first kappa shape index (κ1) is 18.4. The largest absolute Gasteiger partial charge is 0.480 e. The van der Waals surface area contributed by atoms with Gasteiger partial charge in [-0.3, -0.25) is 4.79 Å². The maximum atomic E-state index is 12.5. The van der Waals surface area contributed by atoms with Crippen molar-refractivity contribution >= 4 is 21.9 Å². The van der Waals surface area contributed by atoms with Gasteiger partial charge in [-0.1, -0.05) is 38.1 Å². The monoisotopic (exact) mass is 354 g/mol. The van der Waals surface area contributed by atoms with Gasteiger partial charge in [-0.2, -0.15) is 0 Å². The molecule has 0 bridgehead atoms. The van der Waals surface area contributed by atoms with Gasteiger partial charge in [-0.25, -0.2) is 17.5 Å². The fourth-order valence-electron chi connectivity index (χ4n) is 2.95. The molecule has 0 saturated heterocycles. The Kier molecular flexibility index (Phi) is 5.61. The molecule has 1 unspecified atom stereocenters. The number of carboxylic acids is 1. The highest BCUT2D eigenvalue weighted by Gasteiger charge is 2.36. The lowest BCUT2D eigenvalue weighted by molar-refractivity contribution is -0.150. The zero-order chi connectivity index (χ0) is 17.9. The third kappa shape index (κ3) is 3.76. The standard InChI is InChI=1S/C16H22N2O5S/c1-3-17(4-2)24(22,23)11-15(19)18-10-13-8-6-5-7-12(13)9-14(18)16(20)21/h5-8,14H,3-4,9-11H2,1-2H3,(H,20,21). The summed E-state index contributed by atoms with van der Waals surface area (Å²) in [5.74, 6) is -2.51. The average molecular weight is 354 g/mol. The van der Waals surface area contributed by atoms with Gasteiger partial charge in [-0.15, -0.1) is 0 Å². The molecule has 0 aliphatic carbocycles. The third-order valence-electron chi connectivity index (χ3n) is 4.26. The summed E-state index contributed by atoms with van der Waals surface area (Å²) in [6.07, 6.45) is 0.183. The van der Waals surface area contributed by atoms with Crippen LogP contribution in [0.3, 0.4) is 0 Å². The summed E-state index contributed by atoms with van der Waals surface area (Å²) in [6.45, 7) is 4.06. The molecule has 1 heterocycles. The van der Waals surface area contributed by atoms with Gasteiger partial charge in [0.15, 0.2) is 0 Å². The van der Waals surface area contributed by atoms with E-state index in [9.17, 15) is 23.1 Å². The topological polar surface area (TPSA) is 95.0 Å². The molecule has 132 valence electrons. The predicted molar refractivity (Wildman–Crippen MR) is 88.8 cm³/mol. The lowest BCUT2D eigenvalue weighted by Gasteiger charge is -2.34. The minimum atomic E-state index is -3.75. The van der Waals surface area contributed by atoms with E-state index in [1.807, 2.05) is 24.3 Å². The third-order valence-corrected chi connectivity index (χ3v) is 6.17. The highest BCUT2D eigenvalue weighted by Crippen LogP contribution is 2.24. The van der Waals surface area contributed by atoms with Crippen molar-refractivity contribution in [1.29, 1.82) is 0 Å². The van der Waals surface area contributed by atoms with Crippen molar-refractivity contribution in [2.45, 2.75) is 32.9 Å². The van der Waals surface area contributed by atoms with Gasteiger partial charge in [0.2, 0.25) is 15.9 Å². The molecule has 2 rings (SSSR count). The molecule has 1 aromatic carbocycles. The van der Waals surface area contributed by atoms with E-state index in [4.69, 9.17) is 0 Å². The van der Waals surface area contributed by atoms with Crippen LogP contribution in [0.15, 0.2) is 24.3 Å².